The largest absolute Gasteiger partial charge is 0.476 e. The maximum Gasteiger partial charge on any atom is 0.407 e. The van der Waals surface area contributed by atoms with E-state index in [1.807, 2.05) is 25.5 Å². The van der Waals surface area contributed by atoms with E-state index in [0.717, 1.165) is 65.8 Å². The predicted octanol–water partition coefficient (Wildman–Crippen LogP) is 8.09. The van der Waals surface area contributed by atoms with Crippen molar-refractivity contribution in [2.24, 2.45) is 22.2 Å². The minimum absolute atomic E-state index is 0.00113. The Hall–Kier alpha value is -5.82. The minimum Gasteiger partial charge on any atom is -0.476 e. The molecule has 5 rings (SSSR count). The Morgan fingerprint density at radius 3 is 2.43 bits per heavy atom. The third-order valence-electron chi connectivity index (χ3n) is 14.2. The molecule has 1 saturated carbocycles. The Balaban J connectivity index is 1.06. The Kier molecular flexibility index (Phi) is 21.2. The van der Waals surface area contributed by atoms with Gasteiger partial charge in [-0.1, -0.05) is 87.3 Å². The zero-order chi connectivity index (χ0) is 54.4. The maximum atomic E-state index is 13.2. The Morgan fingerprint density at radius 1 is 0.986 bits per heavy atom. The number of aromatic carboxylic acids is 1. The second kappa shape index (κ2) is 26.6. The van der Waals surface area contributed by atoms with Gasteiger partial charge >= 0.3 is 12.1 Å². The fourth-order valence-electron chi connectivity index (χ4n) is 10.8. The van der Waals surface area contributed by atoms with Gasteiger partial charge in [-0.05, 0) is 103 Å². The van der Waals surface area contributed by atoms with E-state index in [1.165, 1.54) is 30.8 Å². The summed E-state index contributed by atoms with van der Waals surface area (Å²) in [5.74, 6) is -4.00. The molecule has 2 aliphatic rings. The van der Waals surface area contributed by atoms with Gasteiger partial charge in [-0.25, -0.2) is 14.6 Å². The fraction of sp³-hybridized carbons (Fsp3) is 0.618. The van der Waals surface area contributed by atoms with E-state index in [4.69, 9.17) is 14.6 Å². The van der Waals surface area contributed by atoms with Crippen LogP contribution in [0.1, 0.15) is 147 Å². The van der Waals surface area contributed by atoms with Crippen LogP contribution in [0.3, 0.4) is 0 Å². The summed E-state index contributed by atoms with van der Waals surface area (Å²) >= 11 is 1.44. The first-order valence-electron chi connectivity index (χ1n) is 26.1. The first-order valence-corrected chi connectivity index (χ1v) is 27.1. The summed E-state index contributed by atoms with van der Waals surface area (Å²) < 4.78 is 13.6. The number of carbonyl (C=O) groups excluding carboxylic acids is 6. The number of pyridine rings is 1. The van der Waals surface area contributed by atoms with Crippen molar-refractivity contribution in [3.05, 3.63) is 65.2 Å². The average molecular weight is 1050 g/mol. The third-order valence-corrected chi connectivity index (χ3v) is 15.6. The number of thioether (sulfide) groups is 1. The topological polar surface area (TPSA) is 240 Å². The van der Waals surface area contributed by atoms with Gasteiger partial charge in [0.05, 0.1) is 24.6 Å². The number of likely N-dealkylation sites (tertiary alicyclic amines) is 1. The molecule has 406 valence electrons. The number of carboxylic acids is 1. The number of hydrogen-bond donors (Lipinski definition) is 5. The van der Waals surface area contributed by atoms with E-state index < -0.39 is 59.4 Å². The first-order chi connectivity index (χ1) is 35.0. The van der Waals surface area contributed by atoms with Crippen molar-refractivity contribution in [3.63, 3.8) is 0 Å². The van der Waals surface area contributed by atoms with Crippen molar-refractivity contribution in [2.75, 3.05) is 38.2 Å². The van der Waals surface area contributed by atoms with E-state index in [0.29, 0.717) is 30.8 Å². The van der Waals surface area contributed by atoms with Crippen molar-refractivity contribution in [1.29, 1.82) is 0 Å². The molecule has 1 aliphatic carbocycles. The van der Waals surface area contributed by atoms with Crippen LogP contribution in [-0.2, 0) is 53.0 Å². The lowest BCUT2D eigenvalue weighted by atomic mass is 9.59. The number of amides is 6. The second-order valence-corrected chi connectivity index (χ2v) is 23.6. The minimum atomic E-state index is -1.09. The maximum absolute atomic E-state index is 13.2. The molecule has 74 heavy (non-hydrogen) atoms. The summed E-state index contributed by atoms with van der Waals surface area (Å²) in [6.45, 7) is 21.6. The molecule has 3 aromatic rings. The van der Waals surface area contributed by atoms with E-state index in [-0.39, 0.29) is 65.8 Å². The number of carbonyl (C=O) groups is 7. The zero-order valence-electron chi connectivity index (χ0n) is 45.2. The number of anilines is 1. The number of aryl methyl sites for hydroxylation is 1. The molecule has 0 bridgehead atoms. The van der Waals surface area contributed by atoms with Gasteiger partial charge in [0.15, 0.2) is 5.69 Å². The smallest absolute Gasteiger partial charge is 0.407 e. The summed E-state index contributed by atoms with van der Waals surface area (Å²) in [4.78, 5) is 94.6. The normalized spacial score (nSPS) is 19.1. The summed E-state index contributed by atoms with van der Waals surface area (Å²) in [7, 11) is 0. The second-order valence-electron chi connectivity index (χ2n) is 22.0. The van der Waals surface area contributed by atoms with Gasteiger partial charge < -0.3 is 35.8 Å². The lowest BCUT2D eigenvalue weighted by molar-refractivity contribution is -0.142. The number of nitrogens with zero attached hydrogens (tertiary/aromatic N) is 4. The van der Waals surface area contributed by atoms with Crippen LogP contribution < -0.4 is 21.3 Å². The van der Waals surface area contributed by atoms with Gasteiger partial charge in [0.25, 0.3) is 0 Å². The van der Waals surface area contributed by atoms with Gasteiger partial charge in [-0.15, -0.1) is 11.8 Å². The molecule has 1 aliphatic heterocycles. The molecular formula is C55H80N8O10S. The van der Waals surface area contributed by atoms with Gasteiger partial charge in [0.2, 0.25) is 29.5 Å². The van der Waals surface area contributed by atoms with Crippen LogP contribution in [0.25, 0.3) is 11.1 Å². The van der Waals surface area contributed by atoms with Crippen LogP contribution in [0.5, 0.6) is 0 Å². The molecule has 1 aromatic carbocycles. The molecular weight excluding hydrogens is 965 g/mol. The van der Waals surface area contributed by atoms with E-state index in [9.17, 15) is 38.7 Å². The van der Waals surface area contributed by atoms with Crippen molar-refractivity contribution in [3.8, 4) is 11.1 Å². The lowest BCUT2D eigenvalue weighted by Crippen LogP contribution is -2.53. The van der Waals surface area contributed by atoms with Crippen LogP contribution in [0.2, 0.25) is 0 Å². The highest BCUT2D eigenvalue weighted by Gasteiger charge is 2.43. The van der Waals surface area contributed by atoms with Crippen LogP contribution in [0, 0.1) is 29.1 Å². The van der Waals surface area contributed by atoms with Crippen LogP contribution in [0.4, 0.5) is 10.5 Å². The predicted molar refractivity (Wildman–Crippen MR) is 285 cm³/mol. The van der Waals surface area contributed by atoms with Gasteiger partial charge in [0.1, 0.15) is 19.2 Å². The quantitative estimate of drug-likeness (QED) is 0.0359. The zero-order valence-corrected chi connectivity index (χ0v) is 46.0. The highest BCUT2D eigenvalue weighted by molar-refractivity contribution is 8.01. The Labute approximate surface area is 441 Å². The number of aromatic nitrogens is 3. The van der Waals surface area contributed by atoms with Crippen LogP contribution in [0.15, 0.2) is 42.7 Å². The number of imide groups is 1. The molecule has 6 amide bonds. The van der Waals surface area contributed by atoms with Crippen molar-refractivity contribution < 1.29 is 48.1 Å². The number of hydrogen-bond acceptors (Lipinski definition) is 12. The van der Waals surface area contributed by atoms with E-state index >= 15 is 0 Å². The van der Waals surface area contributed by atoms with Gasteiger partial charge in [0, 0.05) is 60.1 Å². The standard InChI is InChI=1S/C55H80N8O10S/c1-11-15-36(5)74-43-27-46(66)62(50(43)68)30-45(65)61-47(35(3)4)49(67)58-29-44(64)60-40-18-17-39(38(12-2)26-40)31-73-52(71)57-23-25-72-24-21-55(10,33-54(9)20-14-19-53(7,8)32-54)34-63-37(6)42(28-59-63)41-16-13-22-56-48(41)51(69)70/h13,16-18,22,26,28,35-36,43,47H,11-12,14-15,19-21,23-25,27,29-34H2,1-10H3,(H,57,71)(H,58,67)(H,60,64)(H,61,65)(H,69,70). The molecule has 1 saturated heterocycles. The molecule has 3 heterocycles. The van der Waals surface area contributed by atoms with Gasteiger partial charge in [-0.2, -0.15) is 5.10 Å². The number of carboxylic acid groups (broad SMARTS) is 1. The fourth-order valence-corrected chi connectivity index (χ4v) is 12.2. The molecule has 5 atom stereocenters. The SMILES string of the molecule is CCCC(C)SC1CC(=O)N(CC(=O)NC(C(=O)NCC(=O)Nc2ccc(COC(=O)NCCOCCC(C)(Cn3ncc(-c4cccnc4C(=O)O)c3C)CC3(C)CCCC(C)(C)C3)c(CC)c2)C(C)C)C1=O. The van der Waals surface area contributed by atoms with E-state index in [1.54, 1.807) is 50.4 Å². The lowest BCUT2D eigenvalue weighted by Gasteiger charge is -2.47. The van der Waals surface area contributed by atoms with Gasteiger partial charge in [-0.3, -0.25) is 33.6 Å². The Morgan fingerprint density at radius 2 is 1.74 bits per heavy atom. The summed E-state index contributed by atoms with van der Waals surface area (Å²) in [5.41, 5.74) is 4.38. The van der Waals surface area contributed by atoms with Crippen LogP contribution in [-0.4, -0.2) is 116 Å². The monoisotopic (exact) mass is 1040 g/mol. The molecule has 0 radical (unpaired) electrons. The number of benzene rings is 1. The average Bonchev–Trinajstić information content (AvgIpc) is 3.81. The highest BCUT2D eigenvalue weighted by atomic mass is 32.2. The van der Waals surface area contributed by atoms with E-state index in [2.05, 4.69) is 60.9 Å². The molecule has 5 unspecified atom stereocenters. The van der Waals surface area contributed by atoms with Crippen molar-refractivity contribution in [1.82, 2.24) is 35.6 Å². The number of rotatable bonds is 27. The number of alkyl carbamates (subject to hydrolysis) is 1. The molecule has 18 nitrogen and oxygen atoms in total. The summed E-state index contributed by atoms with van der Waals surface area (Å²) in [6.07, 6.45) is 11.4. The molecule has 0 spiro atoms. The molecule has 5 N–H and O–H groups in total. The first kappa shape index (κ1) is 59.1. The molecule has 2 fully saturated rings. The summed E-state index contributed by atoms with van der Waals surface area (Å²) in [5, 5.41) is 25.0. The highest BCUT2D eigenvalue weighted by Crippen LogP contribution is 2.52. The van der Waals surface area contributed by atoms with Crippen LogP contribution >= 0.6 is 11.8 Å². The molecule has 19 heteroatoms. The Bertz CT molecular complexity index is 2480. The number of nitrogens with one attached hydrogen (secondary N) is 4. The van der Waals surface area contributed by atoms with Crippen molar-refractivity contribution >= 4 is 59.0 Å². The summed E-state index contributed by atoms with van der Waals surface area (Å²) in [6, 6.07) is 7.70. The third kappa shape index (κ3) is 16.8. The number of ether oxygens (including phenoxy) is 2. The molecule has 2 aromatic heterocycles. The van der Waals surface area contributed by atoms with Crippen molar-refractivity contribution in [2.45, 2.75) is 163 Å².